The maximum atomic E-state index is 12.0. The summed E-state index contributed by atoms with van der Waals surface area (Å²) in [5, 5.41) is 0. The maximum Gasteiger partial charge on any atom is 0.475 e. The minimum atomic E-state index is -3.41. The molecule has 0 aliphatic heterocycles. The van der Waals surface area contributed by atoms with Gasteiger partial charge in [0.25, 0.3) is 0 Å². The molecule has 1 aromatic carbocycles. The van der Waals surface area contributed by atoms with Gasteiger partial charge < -0.3 is 4.74 Å². The lowest BCUT2D eigenvalue weighted by atomic mass is 10.2. The quantitative estimate of drug-likeness (QED) is 0.351. The third kappa shape index (κ3) is 8.15. The predicted molar refractivity (Wildman–Crippen MR) is 82.0 cm³/mol. The van der Waals surface area contributed by atoms with Gasteiger partial charge in [0.2, 0.25) is 0 Å². The summed E-state index contributed by atoms with van der Waals surface area (Å²) in [6.45, 7) is 5.22. The largest absolute Gasteiger partial charge is 0.475 e. The fourth-order valence-corrected chi connectivity index (χ4v) is 2.64. The van der Waals surface area contributed by atoms with Crippen molar-refractivity contribution in [2.24, 2.45) is 0 Å². The summed E-state index contributed by atoms with van der Waals surface area (Å²) in [6, 6.07) is 9.93. The molecule has 1 rings (SSSR count). The summed E-state index contributed by atoms with van der Waals surface area (Å²) in [7, 11) is -3.41. The van der Waals surface area contributed by atoms with E-state index in [1.807, 2.05) is 36.4 Å². The molecule has 0 saturated carbocycles. The van der Waals surface area contributed by atoms with Crippen molar-refractivity contribution in [2.45, 2.75) is 20.5 Å². The van der Waals surface area contributed by atoms with E-state index >= 15 is 0 Å². The molecule has 0 N–H and O–H groups in total. The van der Waals surface area contributed by atoms with Crippen molar-refractivity contribution >= 4 is 7.82 Å². The highest BCUT2D eigenvalue weighted by atomic mass is 31.2. The molecule has 0 heterocycles. The molecule has 0 bridgehead atoms. The van der Waals surface area contributed by atoms with Gasteiger partial charge in [0, 0.05) is 0 Å². The highest BCUT2D eigenvalue weighted by molar-refractivity contribution is 7.48. The summed E-state index contributed by atoms with van der Waals surface area (Å²) in [5.74, 6) is 0. The molecule has 118 valence electrons. The van der Waals surface area contributed by atoms with E-state index in [2.05, 4.69) is 0 Å². The lowest BCUT2D eigenvalue weighted by Crippen LogP contribution is -2.00. The number of hydrogen-bond donors (Lipinski definition) is 0. The maximum absolute atomic E-state index is 12.0. The highest BCUT2D eigenvalue weighted by Crippen LogP contribution is 2.48. The molecular formula is C15H23O5P. The number of phosphoric acid groups is 1. The molecule has 0 amide bonds. The predicted octanol–water partition coefficient (Wildman–Crippen LogP) is 3.96. The van der Waals surface area contributed by atoms with Crippen LogP contribution < -0.4 is 0 Å². The molecule has 0 unspecified atom stereocenters. The van der Waals surface area contributed by atoms with Crippen LogP contribution in [0.15, 0.2) is 42.5 Å². The third-order valence-electron chi connectivity index (χ3n) is 2.40. The number of hydrogen-bond acceptors (Lipinski definition) is 5. The fourth-order valence-electron chi connectivity index (χ4n) is 1.52. The van der Waals surface area contributed by atoms with Gasteiger partial charge in [-0.3, -0.25) is 13.6 Å². The highest BCUT2D eigenvalue weighted by Gasteiger charge is 2.24. The normalized spacial score (nSPS) is 12.1. The van der Waals surface area contributed by atoms with Crippen LogP contribution in [0.25, 0.3) is 0 Å². The van der Waals surface area contributed by atoms with Gasteiger partial charge in [0.1, 0.15) is 0 Å². The minimum Gasteiger partial charge on any atom is -0.373 e. The molecule has 0 saturated heterocycles. The molecule has 6 heteroatoms. The second-order valence-electron chi connectivity index (χ2n) is 4.05. The van der Waals surface area contributed by atoms with Crippen LogP contribution in [-0.2, 0) is 29.5 Å². The molecule has 0 aromatic heterocycles. The average Bonchev–Trinajstić information content (AvgIpc) is 2.48. The second kappa shape index (κ2) is 10.7. The first-order valence-corrected chi connectivity index (χ1v) is 8.46. The van der Waals surface area contributed by atoms with Crippen LogP contribution in [0.1, 0.15) is 19.4 Å². The van der Waals surface area contributed by atoms with E-state index in [-0.39, 0.29) is 19.8 Å². The van der Waals surface area contributed by atoms with Gasteiger partial charge >= 0.3 is 7.82 Å². The summed E-state index contributed by atoms with van der Waals surface area (Å²) >= 11 is 0. The van der Waals surface area contributed by atoms with E-state index in [9.17, 15) is 4.57 Å². The Kier molecular flexibility index (Phi) is 9.22. The summed E-state index contributed by atoms with van der Waals surface area (Å²) in [4.78, 5) is 0. The number of benzene rings is 1. The standard InChI is InChI=1S/C15H23O5P/c1-3-18-21(16,19-4-2)20-13-9-8-12-17-14-15-10-6-5-7-11-15/h5-11H,3-4,12-14H2,1-2H3/b9-8-. The zero-order valence-corrected chi connectivity index (χ0v) is 13.5. The smallest absolute Gasteiger partial charge is 0.373 e. The van der Waals surface area contributed by atoms with Crippen LogP contribution >= 0.6 is 7.82 Å². The SMILES string of the molecule is CCOP(=O)(OCC)OC/C=C\COCc1ccccc1. The summed E-state index contributed by atoms with van der Waals surface area (Å²) in [5.41, 5.74) is 1.12. The number of ether oxygens (including phenoxy) is 1. The topological polar surface area (TPSA) is 54.0 Å². The van der Waals surface area contributed by atoms with Gasteiger partial charge in [-0.05, 0) is 19.4 Å². The van der Waals surface area contributed by atoms with Gasteiger partial charge in [0.15, 0.2) is 0 Å². The molecular weight excluding hydrogens is 291 g/mol. The van der Waals surface area contributed by atoms with Crippen molar-refractivity contribution in [3.05, 3.63) is 48.0 Å². The first-order valence-electron chi connectivity index (χ1n) is 7.00. The first-order chi connectivity index (χ1) is 10.2. The van der Waals surface area contributed by atoms with Gasteiger partial charge in [0.05, 0.1) is 33.0 Å². The van der Waals surface area contributed by atoms with E-state index in [1.54, 1.807) is 19.9 Å². The average molecular weight is 314 g/mol. The van der Waals surface area contributed by atoms with E-state index in [0.717, 1.165) is 5.56 Å². The van der Waals surface area contributed by atoms with Crippen LogP contribution in [0, 0.1) is 0 Å². The van der Waals surface area contributed by atoms with E-state index in [0.29, 0.717) is 13.2 Å². The van der Waals surface area contributed by atoms with Crippen molar-refractivity contribution in [1.82, 2.24) is 0 Å². The van der Waals surface area contributed by atoms with Crippen LogP contribution in [0.2, 0.25) is 0 Å². The van der Waals surface area contributed by atoms with E-state index < -0.39 is 7.82 Å². The summed E-state index contributed by atoms with van der Waals surface area (Å²) < 4.78 is 32.6. The van der Waals surface area contributed by atoms with Gasteiger partial charge in [-0.2, -0.15) is 0 Å². The van der Waals surface area contributed by atoms with E-state index in [4.69, 9.17) is 18.3 Å². The first kappa shape index (κ1) is 18.1. The molecule has 1 aromatic rings. The fraction of sp³-hybridized carbons (Fsp3) is 0.467. The lowest BCUT2D eigenvalue weighted by molar-refractivity contribution is 0.130. The van der Waals surface area contributed by atoms with Gasteiger partial charge in [-0.25, -0.2) is 4.57 Å². The number of phosphoric ester groups is 1. The lowest BCUT2D eigenvalue weighted by Gasteiger charge is -2.14. The molecule has 0 aliphatic carbocycles. The van der Waals surface area contributed by atoms with E-state index in [1.165, 1.54) is 0 Å². The Hall–Kier alpha value is -0.970. The van der Waals surface area contributed by atoms with Crippen molar-refractivity contribution in [1.29, 1.82) is 0 Å². The van der Waals surface area contributed by atoms with Crippen molar-refractivity contribution in [2.75, 3.05) is 26.4 Å². The molecule has 21 heavy (non-hydrogen) atoms. The second-order valence-corrected chi connectivity index (χ2v) is 5.72. The van der Waals surface area contributed by atoms with Crippen molar-refractivity contribution in [3.8, 4) is 0 Å². The third-order valence-corrected chi connectivity index (χ3v) is 4.01. The van der Waals surface area contributed by atoms with Crippen LogP contribution in [0.3, 0.4) is 0 Å². The van der Waals surface area contributed by atoms with Crippen LogP contribution in [0.5, 0.6) is 0 Å². The zero-order chi connectivity index (χ0) is 15.4. The Morgan fingerprint density at radius 3 is 2.19 bits per heavy atom. The van der Waals surface area contributed by atoms with Crippen LogP contribution in [0.4, 0.5) is 0 Å². The monoisotopic (exact) mass is 314 g/mol. The summed E-state index contributed by atoms with van der Waals surface area (Å²) in [6.07, 6.45) is 3.54. The Morgan fingerprint density at radius 2 is 1.57 bits per heavy atom. The Bertz CT molecular complexity index is 437. The van der Waals surface area contributed by atoms with Crippen molar-refractivity contribution < 1.29 is 22.9 Å². The molecule has 0 atom stereocenters. The Labute approximate surface area is 126 Å². The van der Waals surface area contributed by atoms with Crippen LogP contribution in [-0.4, -0.2) is 26.4 Å². The molecule has 5 nitrogen and oxygen atoms in total. The van der Waals surface area contributed by atoms with Gasteiger partial charge in [-0.15, -0.1) is 0 Å². The molecule has 0 aliphatic rings. The minimum absolute atomic E-state index is 0.159. The van der Waals surface area contributed by atoms with Crippen molar-refractivity contribution in [3.63, 3.8) is 0 Å². The molecule has 0 radical (unpaired) electrons. The van der Waals surface area contributed by atoms with Gasteiger partial charge in [-0.1, -0.05) is 42.5 Å². The molecule has 0 spiro atoms. The molecule has 0 fully saturated rings. The Balaban J connectivity index is 2.18. The number of rotatable bonds is 11. The zero-order valence-electron chi connectivity index (χ0n) is 12.6. The Morgan fingerprint density at radius 1 is 0.952 bits per heavy atom.